The zero-order valence-electron chi connectivity index (χ0n) is 16.4. The van der Waals surface area contributed by atoms with Crippen LogP contribution in [0.4, 0.5) is 5.82 Å². The maximum Gasteiger partial charge on any atom is 0.191 e. The molecular weight excluding hydrogens is 455 g/mol. The highest BCUT2D eigenvalue weighted by Crippen LogP contribution is 2.13. The predicted molar refractivity (Wildman–Crippen MR) is 119 cm³/mol. The van der Waals surface area contributed by atoms with Crippen molar-refractivity contribution in [3.05, 3.63) is 35.5 Å². The number of nitrogens with one attached hydrogen (secondary N) is 2. The van der Waals surface area contributed by atoms with Crippen molar-refractivity contribution < 1.29 is 0 Å². The van der Waals surface area contributed by atoms with E-state index >= 15 is 0 Å². The number of aromatic nitrogens is 4. The van der Waals surface area contributed by atoms with Crippen molar-refractivity contribution >= 4 is 35.8 Å². The lowest BCUT2D eigenvalue weighted by Gasteiger charge is -2.25. The Labute approximate surface area is 177 Å². The largest absolute Gasteiger partial charge is 0.363 e. The minimum Gasteiger partial charge on any atom is -0.363 e. The summed E-state index contributed by atoms with van der Waals surface area (Å²) in [5.74, 6) is 3.75. The van der Waals surface area contributed by atoms with Gasteiger partial charge in [0.15, 0.2) is 11.8 Å². The van der Waals surface area contributed by atoms with Crippen molar-refractivity contribution in [3.8, 4) is 0 Å². The molecule has 27 heavy (non-hydrogen) atoms. The van der Waals surface area contributed by atoms with Crippen molar-refractivity contribution in [2.75, 3.05) is 26.0 Å². The molecule has 0 saturated heterocycles. The van der Waals surface area contributed by atoms with Gasteiger partial charge in [0.1, 0.15) is 11.6 Å². The summed E-state index contributed by atoms with van der Waals surface area (Å²) in [5, 5.41) is 11.4. The minimum atomic E-state index is 0. The van der Waals surface area contributed by atoms with E-state index in [-0.39, 0.29) is 24.0 Å². The quantitative estimate of drug-likeness (QED) is 0.381. The smallest absolute Gasteiger partial charge is 0.191 e. The number of fused-ring (bicyclic) bond motifs is 1. The van der Waals surface area contributed by atoms with Crippen LogP contribution in [0.15, 0.2) is 23.2 Å². The van der Waals surface area contributed by atoms with E-state index in [9.17, 15) is 0 Å². The van der Waals surface area contributed by atoms with E-state index in [1.54, 1.807) is 7.05 Å². The molecule has 0 saturated carbocycles. The van der Waals surface area contributed by atoms with Crippen LogP contribution in [-0.4, -0.2) is 52.9 Å². The lowest BCUT2D eigenvalue weighted by atomic mass is 10.1. The molecule has 3 heterocycles. The maximum absolute atomic E-state index is 4.63. The number of guanidine groups is 1. The zero-order chi connectivity index (χ0) is 18.5. The summed E-state index contributed by atoms with van der Waals surface area (Å²) in [6.07, 6.45) is 2.84. The third-order valence-corrected chi connectivity index (χ3v) is 4.47. The van der Waals surface area contributed by atoms with E-state index in [0.29, 0.717) is 12.6 Å². The first-order valence-corrected chi connectivity index (χ1v) is 9.12. The Hall–Kier alpha value is -1.91. The first kappa shape index (κ1) is 21.4. The zero-order valence-corrected chi connectivity index (χ0v) is 18.8. The van der Waals surface area contributed by atoms with Gasteiger partial charge < -0.3 is 15.5 Å². The standard InChI is InChI=1S/C18H28N8.HI/c1-5-15-23-17-10-9-14(12-26(17)24-15)22-18(19-2)20-11-13-7-6-8-16(21-13)25(3)4;/h6-8,14H,5,9-12H2,1-4H3,(H2,19,20,22);1H. The van der Waals surface area contributed by atoms with Gasteiger partial charge in [-0.2, -0.15) is 5.10 Å². The second kappa shape index (κ2) is 9.86. The van der Waals surface area contributed by atoms with Crippen LogP contribution in [0, 0.1) is 0 Å². The Kier molecular flexibility index (Phi) is 7.81. The van der Waals surface area contributed by atoms with E-state index in [0.717, 1.165) is 54.9 Å². The van der Waals surface area contributed by atoms with Crippen LogP contribution in [0.2, 0.25) is 0 Å². The van der Waals surface area contributed by atoms with Gasteiger partial charge in [-0.25, -0.2) is 14.6 Å². The molecule has 0 amide bonds. The lowest BCUT2D eigenvalue weighted by molar-refractivity contribution is 0.392. The third kappa shape index (κ3) is 5.53. The number of nitrogens with zero attached hydrogens (tertiary/aromatic N) is 6. The van der Waals surface area contributed by atoms with E-state index in [1.165, 1.54) is 0 Å². The van der Waals surface area contributed by atoms with Crippen LogP contribution in [0.25, 0.3) is 0 Å². The van der Waals surface area contributed by atoms with Crippen LogP contribution in [0.5, 0.6) is 0 Å². The molecule has 8 nitrogen and oxygen atoms in total. The summed E-state index contributed by atoms with van der Waals surface area (Å²) in [4.78, 5) is 15.5. The fourth-order valence-corrected chi connectivity index (χ4v) is 3.00. The maximum atomic E-state index is 4.63. The lowest BCUT2D eigenvalue weighted by Crippen LogP contribution is -2.46. The van der Waals surface area contributed by atoms with Gasteiger partial charge in [0, 0.05) is 40.0 Å². The van der Waals surface area contributed by atoms with Crippen molar-refractivity contribution in [2.45, 2.75) is 45.3 Å². The van der Waals surface area contributed by atoms with Crippen LogP contribution in [0.1, 0.15) is 30.7 Å². The van der Waals surface area contributed by atoms with Crippen molar-refractivity contribution in [1.82, 2.24) is 30.4 Å². The molecule has 2 aromatic rings. The number of rotatable bonds is 5. The van der Waals surface area contributed by atoms with Crippen LogP contribution in [0.3, 0.4) is 0 Å². The van der Waals surface area contributed by atoms with Gasteiger partial charge in [0.05, 0.1) is 18.8 Å². The van der Waals surface area contributed by atoms with Gasteiger partial charge in [-0.15, -0.1) is 24.0 Å². The first-order chi connectivity index (χ1) is 12.6. The Morgan fingerprint density at radius 3 is 2.85 bits per heavy atom. The van der Waals surface area contributed by atoms with E-state index in [2.05, 4.69) is 37.6 Å². The van der Waals surface area contributed by atoms with E-state index < -0.39 is 0 Å². The molecule has 0 fully saturated rings. The van der Waals surface area contributed by atoms with Gasteiger partial charge >= 0.3 is 0 Å². The monoisotopic (exact) mass is 484 g/mol. The Balaban J connectivity index is 0.00000261. The number of pyridine rings is 1. The van der Waals surface area contributed by atoms with Crippen LogP contribution < -0.4 is 15.5 Å². The molecule has 1 atom stereocenters. The highest BCUT2D eigenvalue weighted by atomic mass is 127. The number of halogens is 1. The summed E-state index contributed by atoms with van der Waals surface area (Å²) < 4.78 is 2.02. The molecule has 1 aliphatic heterocycles. The molecule has 0 radical (unpaired) electrons. The Bertz CT molecular complexity index is 770. The number of anilines is 1. The van der Waals surface area contributed by atoms with Crippen molar-refractivity contribution in [1.29, 1.82) is 0 Å². The van der Waals surface area contributed by atoms with Crippen molar-refractivity contribution in [2.24, 2.45) is 4.99 Å². The number of aryl methyl sites for hydroxylation is 2. The normalized spacial score (nSPS) is 16.3. The van der Waals surface area contributed by atoms with Crippen LogP contribution >= 0.6 is 24.0 Å². The molecule has 0 bridgehead atoms. The number of hydrogen-bond acceptors (Lipinski definition) is 5. The molecule has 1 unspecified atom stereocenters. The molecule has 3 rings (SSSR count). The molecule has 2 N–H and O–H groups in total. The summed E-state index contributed by atoms with van der Waals surface area (Å²) >= 11 is 0. The summed E-state index contributed by atoms with van der Waals surface area (Å²) in [6.45, 7) is 3.53. The van der Waals surface area contributed by atoms with E-state index in [1.807, 2.05) is 41.9 Å². The average molecular weight is 484 g/mol. The molecule has 2 aromatic heterocycles. The summed E-state index contributed by atoms with van der Waals surface area (Å²) in [6, 6.07) is 6.33. The Morgan fingerprint density at radius 2 is 2.15 bits per heavy atom. The molecule has 0 aromatic carbocycles. The third-order valence-electron chi connectivity index (χ3n) is 4.47. The predicted octanol–water partition coefficient (Wildman–Crippen LogP) is 1.60. The fraction of sp³-hybridized carbons (Fsp3) is 0.556. The molecule has 0 spiro atoms. The van der Waals surface area contributed by atoms with Crippen molar-refractivity contribution in [3.63, 3.8) is 0 Å². The van der Waals surface area contributed by atoms with E-state index in [4.69, 9.17) is 0 Å². The second-order valence-corrected chi connectivity index (χ2v) is 6.67. The van der Waals surface area contributed by atoms with Gasteiger partial charge in [0.25, 0.3) is 0 Å². The number of hydrogen-bond donors (Lipinski definition) is 2. The molecule has 0 aliphatic carbocycles. The molecule has 148 valence electrons. The van der Waals surface area contributed by atoms with Gasteiger partial charge in [-0.05, 0) is 18.6 Å². The number of aliphatic imine (C=N–C) groups is 1. The van der Waals surface area contributed by atoms with Gasteiger partial charge in [-0.1, -0.05) is 13.0 Å². The van der Waals surface area contributed by atoms with Gasteiger partial charge in [-0.3, -0.25) is 4.99 Å². The summed E-state index contributed by atoms with van der Waals surface area (Å²) in [7, 11) is 5.77. The average Bonchev–Trinajstić information content (AvgIpc) is 3.07. The molecule has 9 heteroatoms. The molecular formula is C18H29IN8. The highest BCUT2D eigenvalue weighted by Gasteiger charge is 2.22. The fourth-order valence-electron chi connectivity index (χ4n) is 3.00. The van der Waals surface area contributed by atoms with Crippen LogP contribution in [-0.2, 0) is 25.9 Å². The van der Waals surface area contributed by atoms with Gasteiger partial charge in [0.2, 0.25) is 0 Å². The first-order valence-electron chi connectivity index (χ1n) is 9.12. The molecule has 1 aliphatic rings. The highest BCUT2D eigenvalue weighted by molar-refractivity contribution is 14.0. The Morgan fingerprint density at radius 1 is 1.33 bits per heavy atom. The minimum absolute atomic E-state index is 0. The topological polar surface area (TPSA) is 83.3 Å². The second-order valence-electron chi connectivity index (χ2n) is 6.67. The SMILES string of the molecule is CCc1nc2n(n1)CC(NC(=NC)NCc1cccc(N(C)C)n1)CC2.I. The summed E-state index contributed by atoms with van der Waals surface area (Å²) in [5.41, 5.74) is 0.981.